The normalized spacial score (nSPS) is 18.1. The monoisotopic (exact) mass is 305 g/mol. The highest BCUT2D eigenvalue weighted by molar-refractivity contribution is 7.10. The Hall–Kier alpha value is -0.640. The third-order valence-electron chi connectivity index (χ3n) is 4.12. The van der Waals surface area contributed by atoms with Gasteiger partial charge in [0.25, 0.3) is 0 Å². The van der Waals surface area contributed by atoms with Crippen molar-refractivity contribution in [3.05, 3.63) is 44.8 Å². The summed E-state index contributed by atoms with van der Waals surface area (Å²) in [6, 6.07) is 10.0. The summed E-state index contributed by atoms with van der Waals surface area (Å²) in [6.45, 7) is 2.32. The molecule has 1 saturated carbocycles. The Labute approximate surface area is 130 Å². The van der Waals surface area contributed by atoms with Crippen LogP contribution < -0.4 is 5.32 Å². The van der Waals surface area contributed by atoms with Gasteiger partial charge in [-0.05, 0) is 41.7 Å². The Balaban J connectivity index is 1.67. The largest absolute Gasteiger partial charge is 0.306 e. The molecule has 2 aromatic rings. The Morgan fingerprint density at radius 2 is 2.00 bits per heavy atom. The quantitative estimate of drug-likeness (QED) is 0.701. The van der Waals surface area contributed by atoms with Crippen molar-refractivity contribution in [3.8, 4) is 0 Å². The van der Waals surface area contributed by atoms with Crippen LogP contribution in [0.5, 0.6) is 0 Å². The molecule has 0 saturated heterocycles. The average Bonchev–Trinajstić information content (AvgIpc) is 2.96. The molecule has 1 aliphatic carbocycles. The van der Waals surface area contributed by atoms with Gasteiger partial charge in [0, 0.05) is 28.3 Å². The lowest BCUT2D eigenvalue weighted by Gasteiger charge is -2.24. The topological polar surface area (TPSA) is 12.0 Å². The van der Waals surface area contributed by atoms with E-state index < -0.39 is 0 Å². The van der Waals surface area contributed by atoms with Crippen molar-refractivity contribution in [2.75, 3.05) is 0 Å². The molecule has 0 aliphatic heterocycles. The Kier molecular flexibility index (Phi) is 4.92. The lowest BCUT2D eigenvalue weighted by Crippen LogP contribution is -2.33. The first-order chi connectivity index (χ1) is 9.85. The summed E-state index contributed by atoms with van der Waals surface area (Å²) in [5.41, 5.74) is 0. The first kappa shape index (κ1) is 14.3. The van der Waals surface area contributed by atoms with Gasteiger partial charge in [0.2, 0.25) is 0 Å². The van der Waals surface area contributed by atoms with Crippen molar-refractivity contribution in [1.29, 1.82) is 0 Å². The number of hydrogen-bond donors (Lipinski definition) is 1. The minimum Gasteiger partial charge on any atom is -0.306 e. The zero-order valence-corrected chi connectivity index (χ0v) is 13.7. The molecular formula is C17H23NS2. The molecule has 2 unspecified atom stereocenters. The van der Waals surface area contributed by atoms with Crippen molar-refractivity contribution in [2.24, 2.45) is 5.92 Å². The second-order valence-corrected chi connectivity index (χ2v) is 7.81. The maximum Gasteiger partial charge on any atom is 0.0465 e. The van der Waals surface area contributed by atoms with Crippen LogP contribution >= 0.6 is 22.7 Å². The fraction of sp³-hybridized carbons (Fsp3) is 0.529. The zero-order chi connectivity index (χ0) is 13.8. The molecule has 1 fully saturated rings. The van der Waals surface area contributed by atoms with E-state index >= 15 is 0 Å². The first-order valence-electron chi connectivity index (χ1n) is 7.67. The van der Waals surface area contributed by atoms with Crippen molar-refractivity contribution in [1.82, 2.24) is 5.32 Å². The smallest absolute Gasteiger partial charge is 0.0465 e. The fourth-order valence-corrected chi connectivity index (χ4v) is 4.29. The summed E-state index contributed by atoms with van der Waals surface area (Å²) >= 11 is 3.76. The molecule has 2 aromatic heterocycles. The third-order valence-corrected chi connectivity index (χ3v) is 6.00. The van der Waals surface area contributed by atoms with Crippen LogP contribution in [0.1, 0.15) is 48.4 Å². The Morgan fingerprint density at radius 3 is 2.60 bits per heavy atom. The number of thiophene rings is 2. The van der Waals surface area contributed by atoms with Crippen molar-refractivity contribution in [3.63, 3.8) is 0 Å². The molecule has 0 amide bonds. The van der Waals surface area contributed by atoms with Crippen LogP contribution in [0.25, 0.3) is 0 Å². The van der Waals surface area contributed by atoms with Crippen LogP contribution in [-0.4, -0.2) is 6.04 Å². The van der Waals surface area contributed by atoms with Gasteiger partial charge < -0.3 is 5.32 Å². The number of hydrogen-bond acceptors (Lipinski definition) is 3. The van der Waals surface area contributed by atoms with E-state index in [9.17, 15) is 0 Å². The third kappa shape index (κ3) is 3.94. The van der Waals surface area contributed by atoms with Gasteiger partial charge in [-0.2, -0.15) is 0 Å². The average molecular weight is 306 g/mol. The van der Waals surface area contributed by atoms with Crippen molar-refractivity contribution < 1.29 is 0 Å². The van der Waals surface area contributed by atoms with Gasteiger partial charge >= 0.3 is 0 Å². The SMILES string of the molecule is CCC(CC1CC1)NC(Cc1cccs1)c1cccs1. The van der Waals surface area contributed by atoms with Crippen LogP contribution in [-0.2, 0) is 6.42 Å². The Bertz CT molecular complexity index is 485. The first-order valence-corrected chi connectivity index (χ1v) is 9.43. The lowest BCUT2D eigenvalue weighted by molar-refractivity contribution is 0.392. The summed E-state index contributed by atoms with van der Waals surface area (Å²) in [7, 11) is 0. The van der Waals surface area contributed by atoms with Gasteiger partial charge in [-0.15, -0.1) is 22.7 Å². The van der Waals surface area contributed by atoms with E-state index in [0.29, 0.717) is 12.1 Å². The van der Waals surface area contributed by atoms with Crippen LogP contribution in [0.3, 0.4) is 0 Å². The maximum absolute atomic E-state index is 3.93. The van der Waals surface area contributed by atoms with Gasteiger partial charge in [-0.3, -0.25) is 0 Å². The standard InChI is InChI=1S/C17H23NS2/c1-2-14(11-13-7-8-13)18-16(17-6-4-10-20-17)12-15-5-3-9-19-15/h3-6,9-10,13-14,16,18H,2,7-8,11-12H2,1H3. The molecule has 0 radical (unpaired) electrons. The van der Waals surface area contributed by atoms with Crippen LogP contribution in [0, 0.1) is 5.92 Å². The van der Waals surface area contributed by atoms with Crippen molar-refractivity contribution >= 4 is 22.7 Å². The second-order valence-electron chi connectivity index (χ2n) is 5.80. The Morgan fingerprint density at radius 1 is 1.20 bits per heavy atom. The van der Waals surface area contributed by atoms with Crippen LogP contribution in [0.2, 0.25) is 0 Å². The molecule has 3 rings (SSSR count). The summed E-state index contributed by atoms with van der Waals surface area (Å²) < 4.78 is 0. The molecular weight excluding hydrogens is 282 g/mol. The minimum absolute atomic E-state index is 0.484. The highest BCUT2D eigenvalue weighted by Crippen LogP contribution is 2.35. The molecule has 3 heteroatoms. The molecule has 1 nitrogen and oxygen atoms in total. The molecule has 2 heterocycles. The summed E-state index contributed by atoms with van der Waals surface area (Å²) in [5.74, 6) is 0.998. The molecule has 2 atom stereocenters. The lowest BCUT2D eigenvalue weighted by atomic mass is 10.0. The molecule has 0 bridgehead atoms. The summed E-state index contributed by atoms with van der Waals surface area (Å²) in [6.07, 6.45) is 6.63. The molecule has 1 N–H and O–H groups in total. The van der Waals surface area contributed by atoms with Gasteiger partial charge in [-0.25, -0.2) is 0 Å². The summed E-state index contributed by atoms with van der Waals surface area (Å²) in [4.78, 5) is 2.96. The van der Waals surface area contributed by atoms with E-state index in [1.807, 2.05) is 22.7 Å². The number of nitrogens with one attached hydrogen (secondary N) is 1. The van der Waals surface area contributed by atoms with Crippen LogP contribution in [0.4, 0.5) is 0 Å². The maximum atomic E-state index is 3.93. The van der Waals surface area contributed by atoms with Crippen LogP contribution in [0.15, 0.2) is 35.0 Å². The van der Waals surface area contributed by atoms with Gasteiger partial charge in [0.05, 0.1) is 0 Å². The van der Waals surface area contributed by atoms with E-state index in [1.54, 1.807) is 0 Å². The van der Waals surface area contributed by atoms with E-state index in [-0.39, 0.29) is 0 Å². The van der Waals surface area contributed by atoms with E-state index in [2.05, 4.69) is 47.3 Å². The molecule has 108 valence electrons. The number of rotatable bonds is 8. The molecule has 0 spiro atoms. The fourth-order valence-electron chi connectivity index (χ4n) is 2.75. The predicted octanol–water partition coefficient (Wildman–Crippen LogP) is 5.26. The van der Waals surface area contributed by atoms with E-state index in [4.69, 9.17) is 0 Å². The molecule has 0 aromatic carbocycles. The minimum atomic E-state index is 0.484. The van der Waals surface area contributed by atoms with E-state index in [0.717, 1.165) is 12.3 Å². The molecule has 20 heavy (non-hydrogen) atoms. The predicted molar refractivity (Wildman–Crippen MR) is 89.6 cm³/mol. The second kappa shape index (κ2) is 6.88. The summed E-state index contributed by atoms with van der Waals surface area (Å²) in [5, 5.41) is 8.31. The van der Waals surface area contributed by atoms with Gasteiger partial charge in [0.1, 0.15) is 0 Å². The van der Waals surface area contributed by atoms with Gasteiger partial charge in [-0.1, -0.05) is 31.9 Å². The highest BCUT2D eigenvalue weighted by atomic mass is 32.1. The highest BCUT2D eigenvalue weighted by Gasteiger charge is 2.26. The molecule has 1 aliphatic rings. The van der Waals surface area contributed by atoms with E-state index in [1.165, 1.54) is 35.4 Å². The van der Waals surface area contributed by atoms with Gasteiger partial charge in [0.15, 0.2) is 0 Å². The zero-order valence-electron chi connectivity index (χ0n) is 12.0. The van der Waals surface area contributed by atoms with Crippen molar-refractivity contribution in [2.45, 2.75) is 51.1 Å².